The van der Waals surface area contributed by atoms with Gasteiger partial charge in [-0.25, -0.2) is 0 Å². The molecule has 3 saturated heterocycles. The Morgan fingerprint density at radius 1 is 1.05 bits per heavy atom. The molecule has 7 rings (SSSR count). The zero-order chi connectivity index (χ0) is 27.1. The van der Waals surface area contributed by atoms with E-state index in [2.05, 4.69) is 58.4 Å². The molecule has 4 aliphatic heterocycles. The first-order valence-electron chi connectivity index (χ1n) is 15.2. The van der Waals surface area contributed by atoms with Crippen molar-refractivity contribution in [3.05, 3.63) is 70.9 Å². The predicted molar refractivity (Wildman–Crippen MR) is 156 cm³/mol. The first kappa shape index (κ1) is 25.9. The number of ether oxygens (including phenoxy) is 2. The molecule has 5 heterocycles. The largest absolute Gasteiger partial charge is 0.489 e. The quantitative estimate of drug-likeness (QED) is 0.472. The summed E-state index contributed by atoms with van der Waals surface area (Å²) in [6.07, 6.45) is 5.49. The van der Waals surface area contributed by atoms with Gasteiger partial charge in [0.05, 0.1) is 11.6 Å². The Hall–Kier alpha value is -3.00. The van der Waals surface area contributed by atoms with Crippen molar-refractivity contribution in [2.75, 3.05) is 39.4 Å². The zero-order valence-corrected chi connectivity index (χ0v) is 23.5. The Bertz CT molecular complexity index is 1380. The maximum absolute atomic E-state index is 13.2. The second-order valence-electron chi connectivity index (χ2n) is 12.1. The van der Waals surface area contributed by atoms with Crippen LogP contribution < -0.4 is 10.1 Å². The van der Waals surface area contributed by atoms with Crippen LogP contribution >= 0.6 is 0 Å². The van der Waals surface area contributed by atoms with Gasteiger partial charge in [-0.2, -0.15) is 0 Å². The van der Waals surface area contributed by atoms with Gasteiger partial charge in [0, 0.05) is 68.0 Å². The van der Waals surface area contributed by atoms with E-state index in [9.17, 15) is 4.79 Å². The molecule has 3 atom stereocenters. The van der Waals surface area contributed by atoms with Crippen molar-refractivity contribution in [3.8, 4) is 5.75 Å². The fraction of sp³-hybridized carbons (Fsp3) is 0.515. The van der Waals surface area contributed by atoms with Crippen LogP contribution in [0.15, 0.2) is 48.5 Å². The van der Waals surface area contributed by atoms with Gasteiger partial charge in [0.15, 0.2) is 0 Å². The predicted octanol–water partition coefficient (Wildman–Crippen LogP) is 5.05. The van der Waals surface area contributed by atoms with Crippen LogP contribution in [0.2, 0.25) is 0 Å². The number of nitrogens with one attached hydrogen (secondary N) is 1. The molecule has 40 heavy (non-hydrogen) atoms. The summed E-state index contributed by atoms with van der Waals surface area (Å²) in [5, 5.41) is 4.66. The van der Waals surface area contributed by atoms with Crippen LogP contribution in [0.4, 0.5) is 0 Å². The Morgan fingerprint density at radius 2 is 1.95 bits per heavy atom. The molecule has 210 valence electrons. The first-order valence-corrected chi connectivity index (χ1v) is 15.2. The molecule has 7 heteroatoms. The number of rotatable bonds is 6. The third-order valence-corrected chi connectivity index (χ3v) is 9.37. The summed E-state index contributed by atoms with van der Waals surface area (Å²) < 4.78 is 12.0. The monoisotopic (exact) mass is 540 g/mol. The van der Waals surface area contributed by atoms with Gasteiger partial charge in [0.2, 0.25) is 0 Å². The number of benzene rings is 2. The molecule has 1 N–H and O–H groups in total. The molecule has 0 aliphatic carbocycles. The number of amides is 1. The van der Waals surface area contributed by atoms with Crippen molar-refractivity contribution in [3.63, 3.8) is 0 Å². The summed E-state index contributed by atoms with van der Waals surface area (Å²) in [5.74, 6) is 1.56. The van der Waals surface area contributed by atoms with E-state index in [4.69, 9.17) is 14.5 Å². The number of carbonyl (C=O) groups is 1. The lowest BCUT2D eigenvalue weighted by Gasteiger charge is -2.34. The molecule has 0 spiro atoms. The topological polar surface area (TPSA) is 66.9 Å². The summed E-state index contributed by atoms with van der Waals surface area (Å²) in [6.45, 7) is 8.61. The molecule has 4 aliphatic rings. The van der Waals surface area contributed by atoms with Crippen molar-refractivity contribution in [1.29, 1.82) is 0 Å². The number of pyridine rings is 1. The van der Waals surface area contributed by atoms with Crippen LogP contribution in [0, 0.1) is 0 Å². The zero-order valence-electron chi connectivity index (χ0n) is 23.5. The molecule has 0 unspecified atom stereocenters. The van der Waals surface area contributed by atoms with Crippen LogP contribution in [0.25, 0.3) is 10.9 Å². The van der Waals surface area contributed by atoms with Crippen molar-refractivity contribution in [2.24, 2.45) is 0 Å². The minimum Gasteiger partial charge on any atom is -0.489 e. The highest BCUT2D eigenvalue weighted by atomic mass is 16.5. The van der Waals surface area contributed by atoms with Crippen LogP contribution in [-0.2, 0) is 11.3 Å². The molecule has 2 aromatic carbocycles. The minimum atomic E-state index is 0.0891. The van der Waals surface area contributed by atoms with Crippen LogP contribution in [-0.4, -0.2) is 72.2 Å². The summed E-state index contributed by atoms with van der Waals surface area (Å²) in [6, 6.07) is 17.6. The van der Waals surface area contributed by atoms with Gasteiger partial charge in [0.25, 0.3) is 5.91 Å². The van der Waals surface area contributed by atoms with Crippen LogP contribution in [0.3, 0.4) is 0 Å². The highest BCUT2D eigenvalue weighted by molar-refractivity contribution is 5.99. The Kier molecular flexibility index (Phi) is 7.20. The molecule has 0 radical (unpaired) electrons. The molecule has 1 amide bonds. The summed E-state index contributed by atoms with van der Waals surface area (Å²) >= 11 is 0. The number of carbonyl (C=O) groups excluding carboxylic acids is 1. The highest BCUT2D eigenvalue weighted by Crippen LogP contribution is 2.38. The van der Waals surface area contributed by atoms with Gasteiger partial charge in [-0.15, -0.1) is 0 Å². The third-order valence-electron chi connectivity index (χ3n) is 9.37. The van der Waals surface area contributed by atoms with Gasteiger partial charge < -0.3 is 19.7 Å². The molecule has 1 aromatic heterocycles. The Morgan fingerprint density at radius 3 is 2.80 bits per heavy atom. The lowest BCUT2D eigenvalue weighted by atomic mass is 9.95. The first-order chi connectivity index (χ1) is 19.6. The maximum atomic E-state index is 13.2. The lowest BCUT2D eigenvalue weighted by molar-refractivity contribution is 0.0609. The van der Waals surface area contributed by atoms with Crippen LogP contribution in [0.1, 0.15) is 78.2 Å². The molecule has 0 bridgehead atoms. The van der Waals surface area contributed by atoms with Crippen molar-refractivity contribution in [1.82, 2.24) is 20.1 Å². The maximum Gasteiger partial charge on any atom is 0.255 e. The van der Waals surface area contributed by atoms with Gasteiger partial charge in [-0.1, -0.05) is 12.1 Å². The fourth-order valence-corrected chi connectivity index (χ4v) is 7.17. The second-order valence-corrected chi connectivity index (χ2v) is 12.1. The van der Waals surface area contributed by atoms with Crippen molar-refractivity contribution >= 4 is 16.8 Å². The van der Waals surface area contributed by atoms with E-state index < -0.39 is 0 Å². The Labute approximate surface area is 236 Å². The third kappa shape index (κ3) is 5.11. The van der Waals surface area contributed by atoms with E-state index in [1.54, 1.807) is 0 Å². The smallest absolute Gasteiger partial charge is 0.255 e. The number of piperidine rings is 1. The molecule has 3 aromatic rings. The molecule has 7 nitrogen and oxygen atoms in total. The normalized spacial score (nSPS) is 26.0. The number of hydrogen-bond acceptors (Lipinski definition) is 6. The lowest BCUT2D eigenvalue weighted by Crippen LogP contribution is -2.47. The summed E-state index contributed by atoms with van der Waals surface area (Å²) in [7, 11) is 0. The van der Waals surface area contributed by atoms with Gasteiger partial charge >= 0.3 is 0 Å². The number of aromatic nitrogens is 1. The molecule has 3 fully saturated rings. The summed E-state index contributed by atoms with van der Waals surface area (Å²) in [5.41, 5.74) is 5.54. The second kappa shape index (κ2) is 11.1. The number of fused-ring (bicyclic) bond motifs is 2. The fourth-order valence-electron chi connectivity index (χ4n) is 7.17. The highest BCUT2D eigenvalue weighted by Gasteiger charge is 2.39. The van der Waals surface area contributed by atoms with E-state index in [1.807, 2.05) is 12.1 Å². The number of nitrogens with zero attached hydrogens (tertiary/aromatic N) is 3. The SMILES string of the molecule is C[C@@H]1c2cc(O[C@H]3CCN(Cc4ccc5nc(C6CCOCC6)ccc5c4)C3)ccc2C(=O)N1[C@H]1CCCNC1. The summed E-state index contributed by atoms with van der Waals surface area (Å²) in [4.78, 5) is 22.7. The Balaban J connectivity index is 0.973. The van der Waals surface area contributed by atoms with E-state index in [0.29, 0.717) is 5.92 Å². The minimum absolute atomic E-state index is 0.0891. The molecule has 0 saturated carbocycles. The molecular weight excluding hydrogens is 500 g/mol. The average molecular weight is 541 g/mol. The van der Waals surface area contributed by atoms with E-state index in [1.165, 1.54) is 16.6 Å². The van der Waals surface area contributed by atoms with Gasteiger partial charge in [-0.05, 0) is 93.1 Å². The van der Waals surface area contributed by atoms with Gasteiger partial charge in [0.1, 0.15) is 11.9 Å². The van der Waals surface area contributed by atoms with Crippen molar-refractivity contribution in [2.45, 2.75) is 69.7 Å². The molecular formula is C33H40N4O3. The number of hydrogen-bond donors (Lipinski definition) is 1. The van der Waals surface area contributed by atoms with Crippen LogP contribution in [0.5, 0.6) is 5.75 Å². The van der Waals surface area contributed by atoms with Gasteiger partial charge in [-0.3, -0.25) is 14.7 Å². The average Bonchev–Trinajstić information content (AvgIpc) is 3.54. The van der Waals surface area contributed by atoms with E-state index in [0.717, 1.165) is 100 Å². The number of likely N-dealkylation sites (tertiary alicyclic amines) is 1. The van der Waals surface area contributed by atoms with Crippen molar-refractivity contribution < 1.29 is 14.3 Å². The standard InChI is InChI=1S/C33H40N4O3/c1-22-30-18-27(6-7-29(30)33(38)37(22)26-3-2-13-34-19-26)40-28-10-14-36(21-28)20-23-4-8-32-25(17-23)5-9-31(35-32)24-11-15-39-16-12-24/h4-9,17-18,22,24,26,28,34H,2-3,10-16,19-21H2,1H3/t22-,26+,28+/m1/s1. The van der Waals surface area contributed by atoms with E-state index in [-0.39, 0.29) is 24.1 Å². The van der Waals surface area contributed by atoms with E-state index >= 15 is 0 Å².